The summed E-state index contributed by atoms with van der Waals surface area (Å²) in [6.07, 6.45) is 13.9. The first-order chi connectivity index (χ1) is 49.8. The van der Waals surface area contributed by atoms with Gasteiger partial charge in [-0.25, -0.2) is 0 Å². The van der Waals surface area contributed by atoms with Gasteiger partial charge in [0.05, 0.1) is 101 Å². The first-order valence-electron chi connectivity index (χ1n) is 36.4. The zero-order valence-corrected chi connectivity index (χ0v) is 67.6. The van der Waals surface area contributed by atoms with Gasteiger partial charge in [0.25, 0.3) is 0 Å². The molecule has 4 N–H and O–H groups in total. The van der Waals surface area contributed by atoms with Gasteiger partial charge in [-0.1, -0.05) is 152 Å². The highest BCUT2D eigenvalue weighted by atomic mass is 79.9. The van der Waals surface area contributed by atoms with Crippen LogP contribution in [0, 0.1) is 51.4 Å². The van der Waals surface area contributed by atoms with Crippen LogP contribution in [0.15, 0.2) is 110 Å². The normalized spacial score (nSPS) is 12.0. The second-order valence-electron chi connectivity index (χ2n) is 26.8. The summed E-state index contributed by atoms with van der Waals surface area (Å²) in [6, 6.07) is 31.6. The Morgan fingerprint density at radius 3 is 0.942 bits per heavy atom. The van der Waals surface area contributed by atoms with Crippen LogP contribution < -0.4 is 18.9 Å². The molecule has 9 rings (SSSR count). The third kappa shape index (κ3) is 29.5. The van der Waals surface area contributed by atoms with E-state index in [0.29, 0.717) is 100 Å². The quantitative estimate of drug-likeness (QED) is 0.0280. The molecule has 0 atom stereocenters. The summed E-state index contributed by atoms with van der Waals surface area (Å²) >= 11 is 16.8. The highest BCUT2D eigenvalue weighted by molar-refractivity contribution is 9.11. The fraction of sp³-hybridized carbons (Fsp3) is 0.500. The van der Waals surface area contributed by atoms with Gasteiger partial charge < -0.3 is 39.4 Å². The molecule has 566 valence electrons. The van der Waals surface area contributed by atoms with E-state index in [-0.39, 0.29) is 25.7 Å². The van der Waals surface area contributed by atoms with Crippen LogP contribution in [0.4, 0.5) is 0 Å². The van der Waals surface area contributed by atoms with Crippen molar-refractivity contribution in [3.05, 3.63) is 183 Å². The van der Waals surface area contributed by atoms with Crippen molar-refractivity contribution < 1.29 is 58.6 Å². The predicted octanol–water partition coefficient (Wildman–Crippen LogP) is 19.0. The molecule has 4 aromatic carbocycles. The average molecular weight is 1650 g/mol. The lowest BCUT2D eigenvalue weighted by Crippen LogP contribution is -2.12. The van der Waals surface area contributed by atoms with Gasteiger partial charge in [0.2, 0.25) is 0 Å². The SMILES string of the molecule is CCC(CC)COc1ccc(Br)cc1Cn1nc(CCC(=O)O)cc1C.CCC(CC)COc1ccc(Br)cc1Cn1nc(CCC(=O)O)cc1C.CCC(CC)COc1ccc(Cl)cc1Cn1nc(CCC(=O)O)cc1C.Cc1cc(CCC(=O)O)nn1Cc1cc(Br)ccc1OCC1CCCC1. The molecular weight excluding hydrogens is 1540 g/mol. The second-order valence-corrected chi connectivity index (χ2v) is 29.9. The fourth-order valence-corrected chi connectivity index (χ4v) is 13.3. The van der Waals surface area contributed by atoms with Gasteiger partial charge in [0.1, 0.15) is 23.0 Å². The number of aromatic nitrogens is 8. The Kier molecular flexibility index (Phi) is 36.6. The van der Waals surface area contributed by atoms with E-state index in [4.69, 9.17) is 51.0 Å². The molecule has 0 amide bonds. The van der Waals surface area contributed by atoms with Crippen molar-refractivity contribution in [3.63, 3.8) is 0 Å². The molecule has 0 spiro atoms. The van der Waals surface area contributed by atoms with E-state index in [1.54, 1.807) is 0 Å². The van der Waals surface area contributed by atoms with Crippen LogP contribution in [-0.2, 0) is 71.0 Å². The minimum Gasteiger partial charge on any atom is -0.493 e. The van der Waals surface area contributed by atoms with Gasteiger partial charge in [0.15, 0.2) is 0 Å². The van der Waals surface area contributed by atoms with Crippen molar-refractivity contribution in [2.75, 3.05) is 26.4 Å². The number of carboxylic acid groups (broad SMARTS) is 4. The topological polar surface area (TPSA) is 257 Å². The monoisotopic (exact) mass is 1640 g/mol. The predicted molar refractivity (Wildman–Crippen MR) is 418 cm³/mol. The number of benzene rings is 4. The molecule has 8 aromatic rings. The first-order valence-corrected chi connectivity index (χ1v) is 39.2. The molecule has 4 aromatic heterocycles. The van der Waals surface area contributed by atoms with Crippen molar-refractivity contribution in [1.82, 2.24) is 39.1 Å². The average Bonchev–Trinajstić information content (AvgIpc) is 1.66. The number of aryl methyl sites for hydroxylation is 8. The van der Waals surface area contributed by atoms with Crippen LogP contribution in [0.5, 0.6) is 23.0 Å². The molecule has 0 aliphatic heterocycles. The molecule has 24 heteroatoms. The molecule has 104 heavy (non-hydrogen) atoms. The Morgan fingerprint density at radius 2 is 0.673 bits per heavy atom. The summed E-state index contributed by atoms with van der Waals surface area (Å²) in [7, 11) is 0. The molecule has 0 unspecified atom stereocenters. The number of ether oxygens (including phenoxy) is 4. The van der Waals surface area contributed by atoms with Crippen LogP contribution in [0.2, 0.25) is 5.02 Å². The van der Waals surface area contributed by atoms with E-state index in [1.165, 1.54) is 25.7 Å². The maximum Gasteiger partial charge on any atom is 0.303 e. The Hall–Kier alpha value is -7.47. The molecule has 0 radical (unpaired) electrons. The Bertz CT molecular complexity index is 3510. The highest BCUT2D eigenvalue weighted by Gasteiger charge is 2.20. The van der Waals surface area contributed by atoms with E-state index >= 15 is 0 Å². The van der Waals surface area contributed by atoms with Gasteiger partial charge in [-0.3, -0.25) is 37.9 Å². The molecular formula is C80H106Br3ClN8O12. The summed E-state index contributed by atoms with van der Waals surface area (Å²) in [4.78, 5) is 43.0. The van der Waals surface area contributed by atoms with Crippen LogP contribution in [0.3, 0.4) is 0 Å². The molecule has 1 aliphatic carbocycles. The van der Waals surface area contributed by atoms with E-state index < -0.39 is 23.9 Å². The van der Waals surface area contributed by atoms with Crippen molar-refractivity contribution in [3.8, 4) is 23.0 Å². The van der Waals surface area contributed by atoms with Gasteiger partial charge in [0, 0.05) is 89.2 Å². The third-order valence-corrected chi connectivity index (χ3v) is 20.4. The summed E-state index contributed by atoms with van der Waals surface area (Å²) in [6.45, 7) is 26.2. The number of hydrogen-bond donors (Lipinski definition) is 4. The Morgan fingerprint density at radius 1 is 0.413 bits per heavy atom. The summed E-state index contributed by atoms with van der Waals surface area (Å²) < 4.78 is 35.0. The standard InChI is InChI=1S/C20H25BrN2O3.2C20H27BrN2O3.C20H27ClN2O3/c1-14-10-18(7-9-20(24)25)22-23(14)12-16-11-17(21)6-8-19(16)26-13-15-4-2-3-5-15;3*1-4-15(5-2)13-26-19-8-6-17(21)11-16(19)12-23-14(3)10-18(22-23)7-9-20(24)25/h6,8,10-11,15H,2-5,7,9,12-13H2,1H3,(H,24,25);3*6,8,10-11,15H,4-5,7,9,12-13H2,1-3H3,(H,24,25). The zero-order chi connectivity index (χ0) is 75.8. The summed E-state index contributed by atoms with van der Waals surface area (Å²) in [5.74, 6) is 2.57. The minimum atomic E-state index is -0.816. The number of halogens is 4. The maximum atomic E-state index is 10.8. The second kappa shape index (κ2) is 44.5. The molecule has 20 nitrogen and oxygen atoms in total. The fourth-order valence-electron chi connectivity index (χ4n) is 11.9. The molecule has 1 fully saturated rings. The van der Waals surface area contributed by atoms with Gasteiger partial charge in [-0.05, 0) is 161 Å². The zero-order valence-electron chi connectivity index (χ0n) is 62.1. The van der Waals surface area contributed by atoms with Crippen molar-refractivity contribution >= 4 is 83.3 Å². The number of carboxylic acids is 4. The maximum absolute atomic E-state index is 10.8. The molecule has 0 bridgehead atoms. The van der Waals surface area contributed by atoms with Crippen LogP contribution in [0.25, 0.3) is 0 Å². The van der Waals surface area contributed by atoms with E-state index in [0.717, 1.165) is 149 Å². The number of nitrogens with zero attached hydrogens (tertiary/aromatic N) is 8. The molecule has 1 aliphatic rings. The number of hydrogen-bond acceptors (Lipinski definition) is 12. The largest absolute Gasteiger partial charge is 0.493 e. The highest BCUT2D eigenvalue weighted by Crippen LogP contribution is 2.32. The minimum absolute atomic E-state index is 0.0808. The lowest BCUT2D eigenvalue weighted by Gasteiger charge is -2.17. The third-order valence-electron chi connectivity index (χ3n) is 18.7. The van der Waals surface area contributed by atoms with Gasteiger partial charge >= 0.3 is 23.9 Å². The molecule has 0 saturated heterocycles. The van der Waals surface area contributed by atoms with Gasteiger partial charge in [-0.2, -0.15) is 20.4 Å². The smallest absolute Gasteiger partial charge is 0.303 e. The number of carbonyl (C=O) groups is 4. The summed E-state index contributed by atoms with van der Waals surface area (Å²) in [5.41, 5.74) is 11.4. The van der Waals surface area contributed by atoms with E-state index in [1.807, 2.05) is 125 Å². The van der Waals surface area contributed by atoms with Crippen molar-refractivity contribution in [2.45, 2.75) is 211 Å². The lowest BCUT2D eigenvalue weighted by molar-refractivity contribution is -0.138. The van der Waals surface area contributed by atoms with Crippen molar-refractivity contribution in [1.29, 1.82) is 0 Å². The van der Waals surface area contributed by atoms with Gasteiger partial charge in [-0.15, -0.1) is 0 Å². The number of rotatable bonds is 38. The number of aliphatic carboxylic acids is 4. The van der Waals surface area contributed by atoms with Crippen molar-refractivity contribution in [2.24, 2.45) is 23.7 Å². The molecule has 4 heterocycles. The van der Waals surface area contributed by atoms with E-state index in [2.05, 4.69) is 128 Å². The Balaban J connectivity index is 0.000000218. The summed E-state index contributed by atoms with van der Waals surface area (Å²) in [5, 5.41) is 54.2. The Labute approximate surface area is 644 Å². The molecule has 1 saturated carbocycles. The first kappa shape index (κ1) is 85.5. The van der Waals surface area contributed by atoms with Crippen LogP contribution in [0.1, 0.15) is 199 Å². The van der Waals surface area contributed by atoms with Crippen LogP contribution in [-0.4, -0.2) is 110 Å². The van der Waals surface area contributed by atoms with E-state index in [9.17, 15) is 19.2 Å². The lowest BCUT2D eigenvalue weighted by atomic mass is 10.1. The van der Waals surface area contributed by atoms with Crippen LogP contribution >= 0.6 is 59.4 Å².